The van der Waals surface area contributed by atoms with Crippen molar-refractivity contribution in [1.82, 2.24) is 9.21 Å². The summed E-state index contributed by atoms with van der Waals surface area (Å²) in [6.45, 7) is 6.59. The highest BCUT2D eigenvalue weighted by Gasteiger charge is 2.27. The molecule has 1 aliphatic heterocycles. The van der Waals surface area contributed by atoms with E-state index in [9.17, 15) is 8.42 Å². The fraction of sp³-hybridized carbons (Fsp3) is 0.538. The number of hydrogen-bond donors (Lipinski definition) is 0. The van der Waals surface area contributed by atoms with Crippen LogP contribution in [0.15, 0.2) is 23.1 Å². The molecule has 1 aromatic carbocycles. The molecule has 0 unspecified atom stereocenters. The summed E-state index contributed by atoms with van der Waals surface area (Å²) in [6, 6.07) is 5.49. The van der Waals surface area contributed by atoms with Crippen LogP contribution in [-0.2, 0) is 10.0 Å². The van der Waals surface area contributed by atoms with Gasteiger partial charge in [-0.05, 0) is 44.2 Å². The number of rotatable bonds is 2. The molecule has 1 aromatic rings. The smallest absolute Gasteiger partial charge is 0.243 e. The van der Waals surface area contributed by atoms with Gasteiger partial charge in [-0.2, -0.15) is 4.31 Å². The van der Waals surface area contributed by atoms with Crippen LogP contribution in [0.2, 0.25) is 0 Å². The first-order valence-electron chi connectivity index (χ1n) is 6.16. The molecule has 0 saturated carbocycles. The number of hydrogen-bond acceptors (Lipinski definition) is 3. The molecule has 18 heavy (non-hydrogen) atoms. The van der Waals surface area contributed by atoms with Crippen molar-refractivity contribution in [3.63, 3.8) is 0 Å². The Morgan fingerprint density at radius 3 is 1.94 bits per heavy atom. The van der Waals surface area contributed by atoms with E-state index in [2.05, 4.69) is 4.90 Å². The Balaban J connectivity index is 2.30. The van der Waals surface area contributed by atoms with Crippen molar-refractivity contribution in [2.24, 2.45) is 0 Å². The molecule has 0 radical (unpaired) electrons. The molecule has 100 valence electrons. The first kappa shape index (κ1) is 13.5. The van der Waals surface area contributed by atoms with Gasteiger partial charge in [-0.15, -0.1) is 0 Å². The lowest BCUT2D eigenvalue weighted by atomic mass is 10.2. The maximum absolute atomic E-state index is 12.5. The zero-order chi connectivity index (χ0) is 13.3. The van der Waals surface area contributed by atoms with Gasteiger partial charge >= 0.3 is 0 Å². The van der Waals surface area contributed by atoms with Crippen LogP contribution in [0, 0.1) is 13.8 Å². The second kappa shape index (κ2) is 4.99. The summed E-state index contributed by atoms with van der Waals surface area (Å²) in [5.74, 6) is 0. The summed E-state index contributed by atoms with van der Waals surface area (Å²) in [5, 5.41) is 0. The normalized spacial score (nSPS) is 19.1. The Bertz CT molecular complexity index is 512. The highest BCUT2D eigenvalue weighted by molar-refractivity contribution is 7.89. The third-order valence-corrected chi connectivity index (χ3v) is 5.17. The van der Waals surface area contributed by atoms with E-state index >= 15 is 0 Å². The lowest BCUT2D eigenvalue weighted by Gasteiger charge is -2.31. The maximum Gasteiger partial charge on any atom is 0.243 e. The molecule has 1 aliphatic rings. The van der Waals surface area contributed by atoms with Crippen molar-refractivity contribution >= 4 is 10.0 Å². The average Bonchev–Trinajstić information content (AvgIpc) is 2.28. The van der Waals surface area contributed by atoms with Crippen molar-refractivity contribution < 1.29 is 8.42 Å². The maximum atomic E-state index is 12.5. The van der Waals surface area contributed by atoms with Crippen molar-refractivity contribution in [1.29, 1.82) is 0 Å². The molecule has 1 saturated heterocycles. The van der Waals surface area contributed by atoms with Crippen LogP contribution in [-0.4, -0.2) is 50.8 Å². The largest absolute Gasteiger partial charge is 0.304 e. The molecular formula is C13H20N2O2S. The second-order valence-electron chi connectivity index (χ2n) is 5.03. The van der Waals surface area contributed by atoms with Crippen molar-refractivity contribution in [2.45, 2.75) is 18.7 Å². The fourth-order valence-electron chi connectivity index (χ4n) is 2.26. The summed E-state index contributed by atoms with van der Waals surface area (Å²) >= 11 is 0. The van der Waals surface area contributed by atoms with Gasteiger partial charge in [0.1, 0.15) is 0 Å². The molecule has 1 heterocycles. The summed E-state index contributed by atoms with van der Waals surface area (Å²) in [4.78, 5) is 2.57. The number of piperazine rings is 1. The van der Waals surface area contributed by atoms with Crippen LogP contribution in [0.25, 0.3) is 0 Å². The van der Waals surface area contributed by atoms with Crippen molar-refractivity contribution in [2.75, 3.05) is 33.2 Å². The molecule has 0 aromatic heterocycles. The lowest BCUT2D eigenvalue weighted by Crippen LogP contribution is -2.47. The predicted octanol–water partition coefficient (Wildman–Crippen LogP) is 1.24. The van der Waals surface area contributed by atoms with E-state index in [4.69, 9.17) is 0 Å². The third kappa shape index (κ3) is 2.74. The molecule has 2 rings (SSSR count). The minimum Gasteiger partial charge on any atom is -0.304 e. The molecule has 0 N–H and O–H groups in total. The topological polar surface area (TPSA) is 40.6 Å². The minimum absolute atomic E-state index is 0.421. The molecule has 5 heteroatoms. The Morgan fingerprint density at radius 1 is 0.944 bits per heavy atom. The monoisotopic (exact) mass is 268 g/mol. The standard InChI is InChI=1S/C13H20N2O2S/c1-11-8-12(2)10-13(9-11)18(16,17)15-6-4-14(3)5-7-15/h8-10H,4-7H2,1-3H3. The molecular weight excluding hydrogens is 248 g/mol. The summed E-state index contributed by atoms with van der Waals surface area (Å²) in [7, 11) is -1.31. The Hall–Kier alpha value is -0.910. The van der Waals surface area contributed by atoms with Crippen LogP contribution >= 0.6 is 0 Å². The van der Waals surface area contributed by atoms with Crippen LogP contribution in [0.3, 0.4) is 0 Å². The first-order chi connectivity index (χ1) is 8.39. The van der Waals surface area contributed by atoms with E-state index in [0.29, 0.717) is 18.0 Å². The zero-order valence-corrected chi connectivity index (χ0v) is 12.0. The van der Waals surface area contributed by atoms with Crippen LogP contribution < -0.4 is 0 Å². The SMILES string of the molecule is Cc1cc(C)cc(S(=O)(=O)N2CCN(C)CC2)c1. The summed E-state index contributed by atoms with van der Waals surface area (Å²) in [6.07, 6.45) is 0. The molecule has 1 fully saturated rings. The van der Waals surface area contributed by atoms with E-state index in [0.717, 1.165) is 24.2 Å². The number of likely N-dealkylation sites (N-methyl/N-ethyl adjacent to an activating group) is 1. The quantitative estimate of drug-likeness (QED) is 0.810. The van der Waals surface area contributed by atoms with Gasteiger partial charge < -0.3 is 4.90 Å². The van der Waals surface area contributed by atoms with Crippen LogP contribution in [0.1, 0.15) is 11.1 Å². The van der Waals surface area contributed by atoms with Crippen LogP contribution in [0.5, 0.6) is 0 Å². The highest BCUT2D eigenvalue weighted by Crippen LogP contribution is 2.20. The number of sulfonamides is 1. The van der Waals surface area contributed by atoms with E-state index in [1.54, 1.807) is 16.4 Å². The molecule has 0 atom stereocenters. The average molecular weight is 268 g/mol. The van der Waals surface area contributed by atoms with Gasteiger partial charge in [0.2, 0.25) is 10.0 Å². The van der Waals surface area contributed by atoms with E-state index in [-0.39, 0.29) is 0 Å². The van der Waals surface area contributed by atoms with Gasteiger partial charge in [0.25, 0.3) is 0 Å². The molecule has 4 nitrogen and oxygen atoms in total. The molecule has 0 spiro atoms. The minimum atomic E-state index is -3.32. The van der Waals surface area contributed by atoms with Gasteiger partial charge in [-0.1, -0.05) is 6.07 Å². The zero-order valence-electron chi connectivity index (χ0n) is 11.2. The highest BCUT2D eigenvalue weighted by atomic mass is 32.2. The number of aryl methyl sites for hydroxylation is 2. The summed E-state index contributed by atoms with van der Waals surface area (Å²) < 4.78 is 26.6. The first-order valence-corrected chi connectivity index (χ1v) is 7.60. The van der Waals surface area contributed by atoms with Gasteiger partial charge in [-0.3, -0.25) is 0 Å². The fourth-order valence-corrected chi connectivity index (χ4v) is 3.87. The van der Waals surface area contributed by atoms with Gasteiger partial charge in [-0.25, -0.2) is 8.42 Å². The van der Waals surface area contributed by atoms with Gasteiger partial charge in [0.15, 0.2) is 0 Å². The predicted molar refractivity (Wildman–Crippen MR) is 72.2 cm³/mol. The third-order valence-electron chi connectivity index (χ3n) is 3.30. The van der Waals surface area contributed by atoms with Gasteiger partial charge in [0.05, 0.1) is 4.90 Å². The number of benzene rings is 1. The van der Waals surface area contributed by atoms with Crippen molar-refractivity contribution in [3.05, 3.63) is 29.3 Å². The summed E-state index contributed by atoms with van der Waals surface area (Å²) in [5.41, 5.74) is 1.98. The van der Waals surface area contributed by atoms with Crippen molar-refractivity contribution in [3.8, 4) is 0 Å². The Kier molecular flexibility index (Phi) is 3.75. The van der Waals surface area contributed by atoms with E-state index in [1.165, 1.54) is 0 Å². The second-order valence-corrected chi connectivity index (χ2v) is 6.97. The van der Waals surface area contributed by atoms with E-state index < -0.39 is 10.0 Å². The van der Waals surface area contributed by atoms with E-state index in [1.807, 2.05) is 27.0 Å². The molecule has 0 aliphatic carbocycles. The lowest BCUT2D eigenvalue weighted by molar-refractivity contribution is 0.222. The van der Waals surface area contributed by atoms with Gasteiger partial charge in [0, 0.05) is 26.2 Å². The Morgan fingerprint density at radius 2 is 1.44 bits per heavy atom. The van der Waals surface area contributed by atoms with Crippen LogP contribution in [0.4, 0.5) is 0 Å². The number of nitrogens with zero attached hydrogens (tertiary/aromatic N) is 2. The molecule has 0 amide bonds. The Labute approximate surface area is 109 Å². The molecule has 0 bridgehead atoms.